The van der Waals surface area contributed by atoms with Crippen LogP contribution >= 0.6 is 0 Å². The summed E-state index contributed by atoms with van der Waals surface area (Å²) in [5.74, 6) is 0.536. The number of amides is 3. The monoisotopic (exact) mass is 623 g/mol. The van der Waals surface area contributed by atoms with Crippen molar-refractivity contribution in [1.29, 1.82) is 0 Å². The first-order chi connectivity index (χ1) is 20.7. The fourth-order valence-electron chi connectivity index (χ4n) is 4.78. The molecule has 0 saturated heterocycles. The number of aliphatic hydroxyl groups is 1. The Labute approximate surface area is 263 Å². The Kier molecular flexibility index (Phi) is 17.8. The lowest BCUT2D eigenvalue weighted by Gasteiger charge is -2.32. The van der Waals surface area contributed by atoms with Crippen LogP contribution in [-0.4, -0.2) is 74.7 Å². The summed E-state index contributed by atoms with van der Waals surface area (Å²) in [7, 11) is 3.26. The Bertz CT molecular complexity index is 1010. The molecule has 4 atom stereocenters. The quantitative estimate of drug-likeness (QED) is 0.147. The number of ether oxygens (including phenoxy) is 4. The van der Waals surface area contributed by atoms with Gasteiger partial charge in [0.1, 0.15) is 5.60 Å². The topological polar surface area (TPSA) is 158 Å². The van der Waals surface area contributed by atoms with E-state index in [2.05, 4.69) is 24.5 Å². The van der Waals surface area contributed by atoms with Crippen LogP contribution < -0.4 is 25.8 Å². The SMILES string of the molecule is COCCCOc1cc(C[C@@H](C[C@H](NC(=O)OC(C)(C)C)[C@@H](O)C[C@@H](C)C(=O)NCCCCC(N)=O)C(C)C)ccc1OC. The molecule has 0 heterocycles. The highest BCUT2D eigenvalue weighted by Crippen LogP contribution is 2.32. The summed E-state index contributed by atoms with van der Waals surface area (Å²) in [6.45, 7) is 12.8. The number of carbonyl (C=O) groups is 3. The lowest BCUT2D eigenvalue weighted by atomic mass is 9.82. The number of aliphatic hydroxyl groups excluding tert-OH is 1. The van der Waals surface area contributed by atoms with Gasteiger partial charge in [0.05, 0.1) is 25.9 Å². The summed E-state index contributed by atoms with van der Waals surface area (Å²) in [5, 5.41) is 17.1. The van der Waals surface area contributed by atoms with Gasteiger partial charge in [-0.3, -0.25) is 9.59 Å². The largest absolute Gasteiger partial charge is 0.493 e. The van der Waals surface area contributed by atoms with Crippen molar-refractivity contribution in [3.8, 4) is 11.5 Å². The van der Waals surface area contributed by atoms with Crippen molar-refractivity contribution < 1.29 is 38.4 Å². The lowest BCUT2D eigenvalue weighted by molar-refractivity contribution is -0.125. The molecule has 0 aliphatic rings. The van der Waals surface area contributed by atoms with Crippen molar-refractivity contribution in [1.82, 2.24) is 10.6 Å². The van der Waals surface area contributed by atoms with E-state index in [1.807, 2.05) is 18.2 Å². The predicted octanol–water partition coefficient (Wildman–Crippen LogP) is 4.37. The van der Waals surface area contributed by atoms with Gasteiger partial charge >= 0.3 is 6.09 Å². The normalized spacial score (nSPS) is 14.3. The van der Waals surface area contributed by atoms with Crippen LogP contribution in [0.15, 0.2) is 18.2 Å². The van der Waals surface area contributed by atoms with Gasteiger partial charge in [-0.15, -0.1) is 0 Å². The Morgan fingerprint density at radius 2 is 1.68 bits per heavy atom. The summed E-state index contributed by atoms with van der Waals surface area (Å²) in [5.41, 5.74) is 5.50. The van der Waals surface area contributed by atoms with Crippen molar-refractivity contribution in [2.45, 2.75) is 104 Å². The first kappa shape index (κ1) is 39.0. The van der Waals surface area contributed by atoms with E-state index >= 15 is 0 Å². The predicted molar refractivity (Wildman–Crippen MR) is 171 cm³/mol. The second-order valence-electron chi connectivity index (χ2n) is 12.8. The van der Waals surface area contributed by atoms with E-state index < -0.39 is 29.8 Å². The minimum absolute atomic E-state index is 0.0775. The van der Waals surface area contributed by atoms with E-state index in [0.717, 1.165) is 12.0 Å². The van der Waals surface area contributed by atoms with Crippen molar-refractivity contribution in [2.75, 3.05) is 34.0 Å². The van der Waals surface area contributed by atoms with Crippen LogP contribution in [0.4, 0.5) is 4.79 Å². The highest BCUT2D eigenvalue weighted by molar-refractivity contribution is 5.78. The van der Waals surface area contributed by atoms with Crippen LogP contribution in [0.1, 0.15) is 85.6 Å². The molecule has 0 bridgehead atoms. The molecule has 0 radical (unpaired) electrons. The molecule has 44 heavy (non-hydrogen) atoms. The molecule has 0 fully saturated rings. The molecule has 0 aliphatic carbocycles. The summed E-state index contributed by atoms with van der Waals surface area (Å²) >= 11 is 0. The van der Waals surface area contributed by atoms with E-state index in [1.54, 1.807) is 41.9 Å². The second kappa shape index (κ2) is 20.1. The van der Waals surface area contributed by atoms with Gasteiger partial charge in [-0.1, -0.05) is 26.8 Å². The smallest absolute Gasteiger partial charge is 0.407 e. The summed E-state index contributed by atoms with van der Waals surface area (Å²) in [6.07, 6.45) is 1.95. The maximum atomic E-state index is 12.8. The first-order valence-corrected chi connectivity index (χ1v) is 15.7. The number of methoxy groups -OCH3 is 2. The lowest BCUT2D eigenvalue weighted by Crippen LogP contribution is -2.48. The Morgan fingerprint density at radius 3 is 2.27 bits per heavy atom. The fraction of sp³-hybridized carbons (Fsp3) is 0.727. The van der Waals surface area contributed by atoms with Crippen molar-refractivity contribution in [3.05, 3.63) is 23.8 Å². The molecule has 1 aromatic rings. The van der Waals surface area contributed by atoms with Gasteiger partial charge < -0.3 is 40.4 Å². The van der Waals surface area contributed by atoms with Crippen LogP contribution in [0.25, 0.3) is 0 Å². The van der Waals surface area contributed by atoms with Crippen molar-refractivity contribution in [2.24, 2.45) is 23.5 Å². The van der Waals surface area contributed by atoms with Crippen LogP contribution in [0.2, 0.25) is 0 Å². The summed E-state index contributed by atoms with van der Waals surface area (Å²) < 4.78 is 22.1. The third kappa shape index (κ3) is 16.1. The zero-order valence-electron chi connectivity index (χ0n) is 28.1. The second-order valence-corrected chi connectivity index (χ2v) is 12.8. The van der Waals surface area contributed by atoms with Gasteiger partial charge in [0.15, 0.2) is 11.5 Å². The minimum atomic E-state index is -0.991. The van der Waals surface area contributed by atoms with Crippen LogP contribution in [0.3, 0.4) is 0 Å². The summed E-state index contributed by atoms with van der Waals surface area (Å²) in [6, 6.07) is 5.21. The zero-order valence-corrected chi connectivity index (χ0v) is 28.1. The first-order valence-electron chi connectivity index (χ1n) is 15.7. The van der Waals surface area contributed by atoms with E-state index in [1.165, 1.54) is 0 Å². The van der Waals surface area contributed by atoms with Crippen LogP contribution in [-0.2, 0) is 25.5 Å². The number of rotatable bonds is 21. The van der Waals surface area contributed by atoms with Gasteiger partial charge in [-0.2, -0.15) is 0 Å². The average Bonchev–Trinajstić information content (AvgIpc) is 2.93. The average molecular weight is 624 g/mol. The van der Waals surface area contributed by atoms with Crippen LogP contribution in [0, 0.1) is 17.8 Å². The molecule has 11 nitrogen and oxygen atoms in total. The number of hydrogen-bond acceptors (Lipinski definition) is 8. The van der Waals surface area contributed by atoms with E-state index in [4.69, 9.17) is 24.7 Å². The third-order valence-corrected chi connectivity index (χ3v) is 7.33. The number of benzene rings is 1. The standard InChI is InChI=1S/C33H57N3O8/c1-22(2)25(19-24-13-14-28(42-8)29(20-24)43-17-11-16-41-7)21-26(36-32(40)44-33(4,5)6)27(37)18-23(3)31(39)35-15-10-9-12-30(34)38/h13-14,20,22-23,25-27,37H,9-12,15-19,21H2,1-8H3,(H2,34,38)(H,35,39)(H,36,40)/t23-,25+,26+,27+/m1/s1. The highest BCUT2D eigenvalue weighted by atomic mass is 16.6. The van der Waals surface area contributed by atoms with Gasteiger partial charge in [-0.25, -0.2) is 4.79 Å². The molecule has 0 unspecified atom stereocenters. The Balaban J connectivity index is 3.04. The number of carbonyl (C=O) groups excluding carboxylic acids is 3. The molecule has 0 spiro atoms. The number of primary amides is 1. The van der Waals surface area contributed by atoms with Gasteiger partial charge in [-0.05, 0) is 82.4 Å². The number of hydrogen-bond donors (Lipinski definition) is 4. The maximum Gasteiger partial charge on any atom is 0.407 e. The van der Waals surface area contributed by atoms with Crippen LogP contribution in [0.5, 0.6) is 11.5 Å². The Morgan fingerprint density at radius 1 is 0.977 bits per heavy atom. The van der Waals surface area contributed by atoms with E-state index in [9.17, 15) is 19.5 Å². The highest BCUT2D eigenvalue weighted by Gasteiger charge is 2.31. The number of nitrogens with two attached hydrogens (primary N) is 1. The third-order valence-electron chi connectivity index (χ3n) is 7.33. The molecule has 5 N–H and O–H groups in total. The van der Waals surface area contributed by atoms with Crippen molar-refractivity contribution >= 4 is 17.9 Å². The maximum absolute atomic E-state index is 12.8. The molecule has 0 aliphatic heterocycles. The number of nitrogens with one attached hydrogen (secondary N) is 2. The molecule has 0 aromatic heterocycles. The molecule has 0 saturated carbocycles. The number of unbranched alkanes of at least 4 members (excludes halogenated alkanes) is 1. The summed E-state index contributed by atoms with van der Waals surface area (Å²) in [4.78, 5) is 36.5. The Hall–Kier alpha value is -3.05. The molecular weight excluding hydrogens is 566 g/mol. The molecule has 252 valence electrons. The van der Waals surface area contributed by atoms with Gasteiger partial charge in [0.25, 0.3) is 0 Å². The zero-order chi connectivity index (χ0) is 33.3. The van der Waals surface area contributed by atoms with E-state index in [0.29, 0.717) is 56.9 Å². The van der Waals surface area contributed by atoms with Crippen molar-refractivity contribution in [3.63, 3.8) is 0 Å². The molecule has 3 amide bonds. The van der Waals surface area contributed by atoms with Gasteiger partial charge in [0, 0.05) is 39.0 Å². The molecular formula is C33H57N3O8. The molecule has 11 heteroatoms. The fourth-order valence-corrected chi connectivity index (χ4v) is 4.78. The minimum Gasteiger partial charge on any atom is -0.493 e. The van der Waals surface area contributed by atoms with E-state index in [-0.39, 0.29) is 36.5 Å². The number of alkyl carbamates (subject to hydrolysis) is 1. The molecule has 1 rings (SSSR count). The molecule has 1 aromatic carbocycles. The van der Waals surface area contributed by atoms with Gasteiger partial charge in [0.2, 0.25) is 11.8 Å².